The van der Waals surface area contributed by atoms with Gasteiger partial charge in [0.1, 0.15) is 5.75 Å². The van der Waals surface area contributed by atoms with Gasteiger partial charge in [-0.25, -0.2) is 13.1 Å². The molecule has 0 aliphatic heterocycles. The van der Waals surface area contributed by atoms with Crippen LogP contribution in [0.5, 0.6) is 5.75 Å². The van der Waals surface area contributed by atoms with Crippen molar-refractivity contribution in [1.82, 2.24) is 4.72 Å². The van der Waals surface area contributed by atoms with Crippen molar-refractivity contribution in [2.75, 3.05) is 0 Å². The highest BCUT2D eigenvalue weighted by Gasteiger charge is 2.39. The highest BCUT2D eigenvalue weighted by atomic mass is 32.2. The van der Waals surface area contributed by atoms with E-state index in [9.17, 15) is 13.5 Å². The minimum absolute atomic E-state index is 0.0335. The number of phenolic OH excluding ortho intramolecular Hbond substituents is 1. The standard InChI is InChI=1S/C12H17NO3S/c1-2-4-9-7-12(9)13-17(15,16)11-6-3-5-10(14)8-11/h3,5-6,8-9,12-14H,2,4,7H2,1H3. The lowest BCUT2D eigenvalue weighted by Gasteiger charge is -2.06. The van der Waals surface area contributed by atoms with E-state index < -0.39 is 10.0 Å². The number of benzene rings is 1. The highest BCUT2D eigenvalue weighted by molar-refractivity contribution is 7.89. The summed E-state index contributed by atoms with van der Waals surface area (Å²) in [6.45, 7) is 2.10. The van der Waals surface area contributed by atoms with E-state index in [1.165, 1.54) is 24.3 Å². The van der Waals surface area contributed by atoms with Gasteiger partial charge in [0.25, 0.3) is 0 Å². The molecule has 2 unspecified atom stereocenters. The second-order valence-electron chi connectivity index (χ2n) is 4.51. The number of phenols is 1. The van der Waals surface area contributed by atoms with Gasteiger partial charge in [-0.2, -0.15) is 0 Å². The molecule has 17 heavy (non-hydrogen) atoms. The molecule has 1 aliphatic rings. The largest absolute Gasteiger partial charge is 0.508 e. The van der Waals surface area contributed by atoms with Crippen LogP contribution in [0.2, 0.25) is 0 Å². The van der Waals surface area contributed by atoms with E-state index in [1.54, 1.807) is 0 Å². The molecule has 1 aromatic carbocycles. The van der Waals surface area contributed by atoms with Crippen molar-refractivity contribution in [1.29, 1.82) is 0 Å². The number of rotatable bonds is 5. The number of hydrogen-bond donors (Lipinski definition) is 2. The Balaban J connectivity index is 2.05. The number of hydrogen-bond acceptors (Lipinski definition) is 3. The lowest BCUT2D eigenvalue weighted by Crippen LogP contribution is -2.27. The fourth-order valence-electron chi connectivity index (χ4n) is 2.00. The van der Waals surface area contributed by atoms with Crippen LogP contribution in [-0.4, -0.2) is 19.6 Å². The van der Waals surface area contributed by atoms with E-state index in [4.69, 9.17) is 0 Å². The van der Waals surface area contributed by atoms with Crippen molar-refractivity contribution in [3.8, 4) is 5.75 Å². The van der Waals surface area contributed by atoms with Gasteiger partial charge in [0.05, 0.1) is 4.90 Å². The third kappa shape index (κ3) is 2.98. The average Bonchev–Trinajstić information content (AvgIpc) is 2.96. The fraction of sp³-hybridized carbons (Fsp3) is 0.500. The Morgan fingerprint density at radius 3 is 2.88 bits per heavy atom. The van der Waals surface area contributed by atoms with Crippen LogP contribution < -0.4 is 4.72 Å². The van der Waals surface area contributed by atoms with Crippen LogP contribution in [0, 0.1) is 5.92 Å². The van der Waals surface area contributed by atoms with Gasteiger partial charge in [0.15, 0.2) is 0 Å². The summed E-state index contributed by atoms with van der Waals surface area (Å²) in [5.74, 6) is 0.445. The molecule has 4 nitrogen and oxygen atoms in total. The van der Waals surface area contributed by atoms with Crippen LogP contribution in [0.15, 0.2) is 29.2 Å². The van der Waals surface area contributed by atoms with E-state index in [1.807, 2.05) is 0 Å². The van der Waals surface area contributed by atoms with Gasteiger partial charge in [-0.3, -0.25) is 0 Å². The molecule has 0 saturated heterocycles. The summed E-state index contributed by atoms with van der Waals surface area (Å²) in [6, 6.07) is 5.80. The first-order valence-electron chi connectivity index (χ1n) is 5.84. The number of aromatic hydroxyl groups is 1. The van der Waals surface area contributed by atoms with Crippen molar-refractivity contribution in [2.24, 2.45) is 5.92 Å². The molecule has 0 heterocycles. The maximum Gasteiger partial charge on any atom is 0.240 e. The first kappa shape index (κ1) is 12.4. The second kappa shape index (κ2) is 4.66. The normalized spacial score (nSPS) is 23.6. The van der Waals surface area contributed by atoms with E-state index in [-0.39, 0.29) is 16.7 Å². The number of sulfonamides is 1. The molecule has 5 heteroatoms. The molecular weight excluding hydrogens is 238 g/mol. The Morgan fingerprint density at radius 2 is 2.24 bits per heavy atom. The zero-order chi connectivity index (χ0) is 12.5. The highest BCUT2D eigenvalue weighted by Crippen LogP contribution is 2.35. The molecule has 1 aliphatic carbocycles. The third-order valence-electron chi connectivity index (χ3n) is 3.02. The van der Waals surface area contributed by atoms with Gasteiger partial charge < -0.3 is 5.11 Å². The Kier molecular flexibility index (Phi) is 3.40. The van der Waals surface area contributed by atoms with Crippen molar-refractivity contribution in [3.63, 3.8) is 0 Å². The van der Waals surface area contributed by atoms with Gasteiger partial charge in [0.2, 0.25) is 10.0 Å². The van der Waals surface area contributed by atoms with Crippen LogP contribution in [0.4, 0.5) is 0 Å². The van der Waals surface area contributed by atoms with Crippen LogP contribution in [0.1, 0.15) is 26.2 Å². The second-order valence-corrected chi connectivity index (χ2v) is 6.22. The van der Waals surface area contributed by atoms with Crippen LogP contribution in [-0.2, 0) is 10.0 Å². The van der Waals surface area contributed by atoms with Crippen molar-refractivity contribution < 1.29 is 13.5 Å². The summed E-state index contributed by atoms with van der Waals surface area (Å²) in [5, 5.41) is 9.27. The molecule has 1 aromatic rings. The molecular formula is C12H17NO3S. The quantitative estimate of drug-likeness (QED) is 0.844. The van der Waals surface area contributed by atoms with Crippen molar-refractivity contribution in [2.45, 2.75) is 37.1 Å². The van der Waals surface area contributed by atoms with Crippen LogP contribution in [0.25, 0.3) is 0 Å². The van der Waals surface area contributed by atoms with Gasteiger partial charge in [-0.15, -0.1) is 0 Å². The fourth-order valence-corrected chi connectivity index (χ4v) is 3.36. The molecule has 0 aromatic heterocycles. The molecule has 2 N–H and O–H groups in total. The topological polar surface area (TPSA) is 66.4 Å². The van der Waals surface area contributed by atoms with Crippen LogP contribution in [0.3, 0.4) is 0 Å². The third-order valence-corrected chi connectivity index (χ3v) is 4.50. The lowest BCUT2D eigenvalue weighted by molar-refractivity contribution is 0.473. The molecule has 94 valence electrons. The summed E-state index contributed by atoms with van der Waals surface area (Å²) in [4.78, 5) is 0.125. The molecule has 1 fully saturated rings. The van der Waals surface area contributed by atoms with Gasteiger partial charge >= 0.3 is 0 Å². The minimum atomic E-state index is -3.48. The molecule has 0 bridgehead atoms. The summed E-state index contributed by atoms with van der Waals surface area (Å²) < 4.78 is 26.6. The summed E-state index contributed by atoms with van der Waals surface area (Å²) in [7, 11) is -3.48. The Morgan fingerprint density at radius 1 is 1.47 bits per heavy atom. The van der Waals surface area contributed by atoms with Crippen molar-refractivity contribution in [3.05, 3.63) is 24.3 Å². The molecule has 0 amide bonds. The molecule has 0 radical (unpaired) electrons. The first-order chi connectivity index (χ1) is 8.03. The number of nitrogens with one attached hydrogen (secondary N) is 1. The smallest absolute Gasteiger partial charge is 0.240 e. The van der Waals surface area contributed by atoms with Gasteiger partial charge in [-0.05, 0) is 37.0 Å². The lowest BCUT2D eigenvalue weighted by atomic mass is 10.2. The molecule has 2 atom stereocenters. The van der Waals surface area contributed by atoms with Crippen LogP contribution >= 0.6 is 0 Å². The van der Waals surface area contributed by atoms with Gasteiger partial charge in [0, 0.05) is 6.04 Å². The maximum atomic E-state index is 12.0. The zero-order valence-corrected chi connectivity index (χ0v) is 10.6. The minimum Gasteiger partial charge on any atom is -0.508 e. The Bertz CT molecular complexity index is 498. The first-order valence-corrected chi connectivity index (χ1v) is 7.32. The van der Waals surface area contributed by atoms with E-state index in [0.29, 0.717) is 5.92 Å². The molecule has 1 saturated carbocycles. The van der Waals surface area contributed by atoms with E-state index in [0.717, 1.165) is 19.3 Å². The van der Waals surface area contributed by atoms with E-state index >= 15 is 0 Å². The summed E-state index contributed by atoms with van der Waals surface area (Å²) >= 11 is 0. The maximum absolute atomic E-state index is 12.0. The molecule has 2 rings (SSSR count). The van der Waals surface area contributed by atoms with Gasteiger partial charge in [-0.1, -0.05) is 19.4 Å². The molecule has 0 spiro atoms. The Labute approximate surface area is 102 Å². The van der Waals surface area contributed by atoms with Crippen molar-refractivity contribution >= 4 is 10.0 Å². The SMILES string of the molecule is CCCC1CC1NS(=O)(=O)c1cccc(O)c1. The summed E-state index contributed by atoms with van der Waals surface area (Å²) in [6.07, 6.45) is 3.06. The average molecular weight is 255 g/mol. The van der Waals surface area contributed by atoms with E-state index in [2.05, 4.69) is 11.6 Å². The summed E-state index contributed by atoms with van der Waals surface area (Å²) in [5.41, 5.74) is 0. The predicted molar refractivity (Wildman–Crippen MR) is 65.2 cm³/mol. The predicted octanol–water partition coefficient (Wildman–Crippen LogP) is 1.86. The zero-order valence-electron chi connectivity index (χ0n) is 9.76. The Hall–Kier alpha value is -1.07. The monoisotopic (exact) mass is 255 g/mol.